The van der Waals surface area contributed by atoms with Crippen molar-refractivity contribution >= 4 is 35.5 Å². The number of nitrogens with zero attached hydrogens (tertiary/aromatic N) is 1. The lowest BCUT2D eigenvalue weighted by Gasteiger charge is -2.44. The fraction of sp³-hybridized carbons (Fsp3) is 0.476. The summed E-state index contributed by atoms with van der Waals surface area (Å²) in [6, 6.07) is 3.57. The predicted molar refractivity (Wildman–Crippen MR) is 113 cm³/mol. The number of hydrogen-bond donors (Lipinski definition) is 1. The predicted octanol–water partition coefficient (Wildman–Crippen LogP) is 0.408. The highest BCUT2D eigenvalue weighted by atomic mass is 16.7. The third-order valence-electron chi connectivity index (χ3n) is 4.63. The molecule has 0 aromatic heterocycles. The number of nitro benzene ring substituents is 1. The minimum Gasteiger partial charge on any atom is -0.463 e. The van der Waals surface area contributed by atoms with Crippen LogP contribution in [0.15, 0.2) is 24.3 Å². The van der Waals surface area contributed by atoms with Crippen LogP contribution < -0.4 is 5.32 Å². The van der Waals surface area contributed by atoms with Gasteiger partial charge in [0.2, 0.25) is 6.29 Å². The van der Waals surface area contributed by atoms with E-state index in [0.717, 1.165) is 33.8 Å². The van der Waals surface area contributed by atoms with E-state index in [-0.39, 0.29) is 5.56 Å². The summed E-state index contributed by atoms with van der Waals surface area (Å²) >= 11 is 0. The maximum Gasteiger partial charge on any atom is 0.305 e. The molecule has 1 aromatic rings. The Bertz CT molecular complexity index is 1010. The Morgan fingerprint density at radius 2 is 1.49 bits per heavy atom. The minimum atomic E-state index is -1.61. The van der Waals surface area contributed by atoms with Crippen molar-refractivity contribution in [2.24, 2.45) is 0 Å². The maximum absolute atomic E-state index is 13.0. The molecular weight excluding hydrogens is 472 g/mol. The molecule has 1 fully saturated rings. The number of ether oxygens (including phenoxy) is 5. The molecule has 1 aliphatic heterocycles. The van der Waals surface area contributed by atoms with E-state index in [9.17, 15) is 34.1 Å². The van der Waals surface area contributed by atoms with Crippen molar-refractivity contribution in [2.45, 2.75) is 58.3 Å². The highest BCUT2D eigenvalue weighted by Gasteiger charge is 2.52. The van der Waals surface area contributed by atoms with Gasteiger partial charge in [0.05, 0.1) is 4.92 Å². The van der Waals surface area contributed by atoms with E-state index < -0.39 is 77.6 Å². The fourth-order valence-electron chi connectivity index (χ4n) is 3.37. The van der Waals surface area contributed by atoms with Crippen molar-refractivity contribution in [3.8, 4) is 0 Å². The number of carbonyl (C=O) groups is 5. The van der Waals surface area contributed by atoms with Crippen LogP contribution in [0.5, 0.6) is 0 Å². The van der Waals surface area contributed by atoms with Gasteiger partial charge in [-0.2, -0.15) is 0 Å². The van der Waals surface area contributed by atoms with Gasteiger partial charge in [0.1, 0.15) is 24.3 Å². The smallest absolute Gasteiger partial charge is 0.305 e. The topological polar surface area (TPSA) is 187 Å². The number of rotatable bonds is 8. The molecule has 0 saturated carbocycles. The van der Waals surface area contributed by atoms with Crippen LogP contribution >= 0.6 is 0 Å². The average molecular weight is 496 g/mol. The minimum absolute atomic E-state index is 0.341. The summed E-state index contributed by atoms with van der Waals surface area (Å²) in [6.45, 7) is 3.79. The molecule has 1 heterocycles. The molecule has 35 heavy (non-hydrogen) atoms. The van der Waals surface area contributed by atoms with Gasteiger partial charge in [0.15, 0.2) is 12.2 Å². The van der Waals surface area contributed by atoms with Gasteiger partial charge >= 0.3 is 23.9 Å². The van der Waals surface area contributed by atoms with E-state index in [4.69, 9.17) is 23.7 Å². The number of benzene rings is 1. The molecule has 190 valence electrons. The van der Waals surface area contributed by atoms with Crippen LogP contribution in [0.4, 0.5) is 5.69 Å². The maximum atomic E-state index is 13.0. The summed E-state index contributed by atoms with van der Waals surface area (Å²) in [7, 11) is 0. The summed E-state index contributed by atoms with van der Waals surface area (Å²) in [6.07, 6.45) is -5.80. The number of hydrogen-bond acceptors (Lipinski definition) is 12. The lowest BCUT2D eigenvalue weighted by Crippen LogP contribution is -2.67. The third-order valence-corrected chi connectivity index (χ3v) is 4.63. The lowest BCUT2D eigenvalue weighted by atomic mass is 9.95. The Kier molecular flexibility index (Phi) is 9.22. The van der Waals surface area contributed by atoms with Crippen LogP contribution in [0.1, 0.15) is 38.1 Å². The SMILES string of the molecule is CC(=O)OC[C@@H]1O[C@@H](OC(C)=O)[C@@H](NC(=O)c2ccccc2[N+](=O)[O-])[C@@H](OC(C)=O)[C@H]1OC(C)=O. The first-order chi connectivity index (χ1) is 16.4. The van der Waals surface area contributed by atoms with E-state index in [1.807, 2.05) is 0 Å². The fourth-order valence-corrected chi connectivity index (χ4v) is 3.37. The second kappa shape index (κ2) is 11.9. The second-order valence-corrected chi connectivity index (χ2v) is 7.38. The van der Waals surface area contributed by atoms with Gasteiger partial charge in [0, 0.05) is 33.8 Å². The number of carbonyl (C=O) groups excluding carboxylic acids is 5. The van der Waals surface area contributed by atoms with Crippen LogP contribution in [0.25, 0.3) is 0 Å². The summed E-state index contributed by atoms with van der Waals surface area (Å²) in [4.78, 5) is 70.3. The quantitative estimate of drug-likeness (QED) is 0.226. The van der Waals surface area contributed by atoms with Gasteiger partial charge in [-0.1, -0.05) is 12.1 Å². The van der Waals surface area contributed by atoms with Gasteiger partial charge in [-0.25, -0.2) is 0 Å². The Hall–Kier alpha value is -4.07. The zero-order valence-electron chi connectivity index (χ0n) is 19.2. The van der Waals surface area contributed by atoms with Crippen LogP contribution in [-0.4, -0.2) is 72.0 Å². The molecule has 14 heteroatoms. The Balaban J connectivity index is 2.51. The molecule has 1 amide bonds. The average Bonchev–Trinajstić information content (AvgIpc) is 2.75. The molecule has 0 spiro atoms. The number of nitrogens with one attached hydrogen (secondary N) is 1. The largest absolute Gasteiger partial charge is 0.463 e. The van der Waals surface area contributed by atoms with Crippen LogP contribution in [0.3, 0.4) is 0 Å². The van der Waals surface area contributed by atoms with E-state index in [1.54, 1.807) is 0 Å². The van der Waals surface area contributed by atoms with Crippen LogP contribution in [-0.2, 0) is 42.9 Å². The van der Waals surface area contributed by atoms with Crippen molar-refractivity contribution in [2.75, 3.05) is 6.61 Å². The molecule has 14 nitrogen and oxygen atoms in total. The van der Waals surface area contributed by atoms with Crippen molar-refractivity contribution in [1.82, 2.24) is 5.32 Å². The van der Waals surface area contributed by atoms with Crippen molar-refractivity contribution in [3.05, 3.63) is 39.9 Å². The van der Waals surface area contributed by atoms with E-state index in [0.29, 0.717) is 0 Å². The molecule has 2 rings (SSSR count). The summed E-state index contributed by atoms with van der Waals surface area (Å²) in [5.74, 6) is -4.21. The molecule has 1 N–H and O–H groups in total. The summed E-state index contributed by atoms with van der Waals surface area (Å²) < 4.78 is 26.3. The van der Waals surface area contributed by atoms with Crippen molar-refractivity contribution in [1.29, 1.82) is 0 Å². The van der Waals surface area contributed by atoms with E-state index in [2.05, 4.69) is 5.32 Å². The second-order valence-electron chi connectivity index (χ2n) is 7.38. The first-order valence-electron chi connectivity index (χ1n) is 10.3. The van der Waals surface area contributed by atoms with E-state index >= 15 is 0 Å². The zero-order chi connectivity index (χ0) is 26.3. The molecule has 1 aromatic carbocycles. The van der Waals surface area contributed by atoms with Gasteiger partial charge < -0.3 is 29.0 Å². The molecule has 0 aliphatic carbocycles. The van der Waals surface area contributed by atoms with Crippen LogP contribution in [0, 0.1) is 10.1 Å². The monoisotopic (exact) mass is 496 g/mol. The number of nitro groups is 1. The standard InChI is InChI=1S/C21H24N2O12/c1-10(24)31-9-16-18(32-11(2)25)19(33-12(3)26)17(21(35-16)34-13(4)27)22-20(28)14-7-5-6-8-15(14)23(29)30/h5-8,16-19,21H,9H2,1-4H3,(H,22,28)/t16-,17-,18-,19+,21+/m0/s1. The van der Waals surface area contributed by atoms with Crippen molar-refractivity contribution < 1.29 is 52.6 Å². The van der Waals surface area contributed by atoms with Crippen LogP contribution in [0.2, 0.25) is 0 Å². The van der Waals surface area contributed by atoms with E-state index in [1.165, 1.54) is 18.2 Å². The number of amides is 1. The molecule has 1 saturated heterocycles. The van der Waals surface area contributed by atoms with Crippen molar-refractivity contribution in [3.63, 3.8) is 0 Å². The van der Waals surface area contributed by atoms with Gasteiger partial charge in [-0.05, 0) is 6.07 Å². The Morgan fingerprint density at radius 3 is 2.03 bits per heavy atom. The van der Waals surface area contributed by atoms with Gasteiger partial charge in [-0.3, -0.25) is 34.1 Å². The highest BCUT2D eigenvalue weighted by molar-refractivity contribution is 5.98. The van der Waals surface area contributed by atoms with Gasteiger partial charge in [0.25, 0.3) is 11.6 Å². The molecule has 0 radical (unpaired) electrons. The molecular formula is C21H24N2O12. The lowest BCUT2D eigenvalue weighted by molar-refractivity contribution is -0.385. The Morgan fingerprint density at radius 1 is 0.914 bits per heavy atom. The first kappa shape index (κ1) is 27.2. The molecule has 5 atom stereocenters. The summed E-state index contributed by atoms with van der Waals surface area (Å²) in [5, 5.41) is 13.8. The molecule has 1 aliphatic rings. The molecule has 0 bridgehead atoms. The third kappa shape index (κ3) is 7.46. The molecule has 0 unspecified atom stereocenters. The number of esters is 4. The summed E-state index contributed by atoms with van der Waals surface area (Å²) in [5.41, 5.74) is -0.856. The number of para-hydroxylation sites is 1. The zero-order valence-corrected chi connectivity index (χ0v) is 19.2. The first-order valence-corrected chi connectivity index (χ1v) is 10.3. The normalized spacial score (nSPS) is 23.4. The Labute approximate surface area is 198 Å². The van der Waals surface area contributed by atoms with Gasteiger partial charge in [-0.15, -0.1) is 0 Å². The highest BCUT2D eigenvalue weighted by Crippen LogP contribution is 2.29.